The number of hydrogen-bond acceptors (Lipinski definition) is 4. The van der Waals surface area contributed by atoms with Crippen LogP contribution in [0.5, 0.6) is 0 Å². The third kappa shape index (κ3) is 5.48. The molecular formula is C12H25N3O2. The standard InChI is InChI=1S/C12H25N3O2/c1-11(16)15-8-6-14(7-9-15)10-12(17)4-5-13(2)3/h12,17H,4-10H2,1-3H3. The molecular weight excluding hydrogens is 218 g/mol. The van der Waals surface area contributed by atoms with Gasteiger partial charge in [0.15, 0.2) is 0 Å². The Balaban J connectivity index is 2.19. The molecule has 1 saturated heterocycles. The maximum absolute atomic E-state index is 11.2. The van der Waals surface area contributed by atoms with Crippen LogP contribution in [0, 0.1) is 0 Å². The van der Waals surface area contributed by atoms with E-state index in [0.717, 1.165) is 45.7 Å². The van der Waals surface area contributed by atoms with Crippen LogP contribution >= 0.6 is 0 Å². The highest BCUT2D eigenvalue weighted by Gasteiger charge is 2.20. The first-order valence-corrected chi connectivity index (χ1v) is 6.29. The Labute approximate surface area is 104 Å². The van der Waals surface area contributed by atoms with E-state index in [1.54, 1.807) is 6.92 Å². The number of rotatable bonds is 5. The largest absolute Gasteiger partial charge is 0.392 e. The van der Waals surface area contributed by atoms with E-state index in [0.29, 0.717) is 0 Å². The van der Waals surface area contributed by atoms with Crippen molar-refractivity contribution in [3.8, 4) is 0 Å². The van der Waals surface area contributed by atoms with Gasteiger partial charge in [-0.3, -0.25) is 9.69 Å². The van der Waals surface area contributed by atoms with Crippen LogP contribution in [-0.4, -0.2) is 85.2 Å². The summed E-state index contributed by atoms with van der Waals surface area (Å²) in [7, 11) is 4.02. The van der Waals surface area contributed by atoms with E-state index in [-0.39, 0.29) is 12.0 Å². The maximum atomic E-state index is 11.2. The van der Waals surface area contributed by atoms with Crippen molar-refractivity contribution in [3.63, 3.8) is 0 Å². The third-order valence-corrected chi connectivity index (χ3v) is 3.20. The second-order valence-electron chi connectivity index (χ2n) is 5.05. The Morgan fingerprint density at radius 1 is 1.29 bits per heavy atom. The van der Waals surface area contributed by atoms with Crippen LogP contribution in [0.3, 0.4) is 0 Å². The molecule has 0 aromatic rings. The molecule has 1 aliphatic heterocycles. The van der Waals surface area contributed by atoms with E-state index >= 15 is 0 Å². The highest BCUT2D eigenvalue weighted by molar-refractivity contribution is 5.73. The number of amides is 1. The lowest BCUT2D eigenvalue weighted by Crippen LogP contribution is -2.50. The number of β-amino-alcohol motifs (C(OH)–C–C–N with tert-alkyl or cyclic N) is 1. The fourth-order valence-corrected chi connectivity index (χ4v) is 2.04. The van der Waals surface area contributed by atoms with E-state index in [2.05, 4.69) is 9.80 Å². The van der Waals surface area contributed by atoms with Crippen molar-refractivity contribution in [2.45, 2.75) is 19.4 Å². The highest BCUT2D eigenvalue weighted by atomic mass is 16.3. The molecule has 5 heteroatoms. The van der Waals surface area contributed by atoms with E-state index in [1.807, 2.05) is 19.0 Å². The molecule has 1 heterocycles. The van der Waals surface area contributed by atoms with Gasteiger partial charge in [0.1, 0.15) is 0 Å². The van der Waals surface area contributed by atoms with Crippen molar-refractivity contribution in [3.05, 3.63) is 0 Å². The van der Waals surface area contributed by atoms with Crippen LogP contribution in [0.4, 0.5) is 0 Å². The van der Waals surface area contributed by atoms with Crippen LogP contribution in [0.15, 0.2) is 0 Å². The molecule has 0 bridgehead atoms. The summed E-state index contributed by atoms with van der Waals surface area (Å²) in [5.41, 5.74) is 0. The van der Waals surface area contributed by atoms with E-state index in [1.165, 1.54) is 0 Å². The number of piperazine rings is 1. The summed E-state index contributed by atoms with van der Waals surface area (Å²) < 4.78 is 0. The third-order valence-electron chi connectivity index (χ3n) is 3.20. The molecule has 17 heavy (non-hydrogen) atoms. The molecule has 1 N–H and O–H groups in total. The monoisotopic (exact) mass is 243 g/mol. The van der Waals surface area contributed by atoms with Crippen molar-refractivity contribution in [1.29, 1.82) is 0 Å². The minimum absolute atomic E-state index is 0.151. The van der Waals surface area contributed by atoms with Gasteiger partial charge in [-0.15, -0.1) is 0 Å². The van der Waals surface area contributed by atoms with Crippen molar-refractivity contribution >= 4 is 5.91 Å². The number of aliphatic hydroxyl groups is 1. The number of nitrogens with zero attached hydrogens (tertiary/aromatic N) is 3. The van der Waals surface area contributed by atoms with Crippen molar-refractivity contribution in [1.82, 2.24) is 14.7 Å². The fourth-order valence-electron chi connectivity index (χ4n) is 2.04. The Morgan fingerprint density at radius 3 is 2.35 bits per heavy atom. The molecule has 1 atom stereocenters. The van der Waals surface area contributed by atoms with Gasteiger partial charge in [0.25, 0.3) is 0 Å². The summed E-state index contributed by atoms with van der Waals surface area (Å²) in [4.78, 5) is 17.3. The highest BCUT2D eigenvalue weighted by Crippen LogP contribution is 2.04. The normalized spacial score (nSPS) is 19.7. The Morgan fingerprint density at radius 2 is 1.88 bits per heavy atom. The van der Waals surface area contributed by atoms with Crippen LogP contribution in [-0.2, 0) is 4.79 Å². The zero-order valence-electron chi connectivity index (χ0n) is 11.2. The molecule has 1 fully saturated rings. The quantitative estimate of drug-likeness (QED) is 0.705. The first kappa shape index (κ1) is 14.4. The predicted octanol–water partition coefficient (Wildman–Crippen LogP) is -0.537. The van der Waals surface area contributed by atoms with E-state index < -0.39 is 0 Å². The summed E-state index contributed by atoms with van der Waals surface area (Å²) in [5.74, 6) is 0.151. The van der Waals surface area contributed by atoms with Crippen LogP contribution in [0.25, 0.3) is 0 Å². The van der Waals surface area contributed by atoms with E-state index in [4.69, 9.17) is 0 Å². The van der Waals surface area contributed by atoms with Crippen molar-refractivity contribution in [2.75, 3.05) is 53.4 Å². The lowest BCUT2D eigenvalue weighted by atomic mass is 10.2. The number of carbonyl (C=O) groups excluding carboxylic acids is 1. The van der Waals surface area contributed by atoms with Gasteiger partial charge in [-0.25, -0.2) is 0 Å². The first-order valence-electron chi connectivity index (χ1n) is 6.29. The van der Waals surface area contributed by atoms with E-state index in [9.17, 15) is 9.90 Å². The molecule has 0 radical (unpaired) electrons. The van der Waals surface area contributed by atoms with Crippen LogP contribution in [0.2, 0.25) is 0 Å². The number of hydrogen-bond donors (Lipinski definition) is 1. The molecule has 1 amide bonds. The predicted molar refractivity (Wildman–Crippen MR) is 67.9 cm³/mol. The topological polar surface area (TPSA) is 47.0 Å². The molecule has 100 valence electrons. The zero-order chi connectivity index (χ0) is 12.8. The smallest absolute Gasteiger partial charge is 0.219 e. The summed E-state index contributed by atoms with van der Waals surface area (Å²) in [6.45, 7) is 6.57. The molecule has 1 aliphatic rings. The van der Waals surface area contributed by atoms with Gasteiger partial charge in [-0.1, -0.05) is 0 Å². The molecule has 0 spiro atoms. The molecule has 0 aromatic carbocycles. The Kier molecular flexibility index (Phi) is 5.88. The average molecular weight is 243 g/mol. The SMILES string of the molecule is CC(=O)N1CCN(CC(O)CCN(C)C)CC1. The molecule has 1 unspecified atom stereocenters. The number of aliphatic hydroxyl groups excluding tert-OH is 1. The summed E-state index contributed by atoms with van der Waals surface area (Å²) >= 11 is 0. The first-order chi connectivity index (χ1) is 7.99. The number of carbonyl (C=O) groups is 1. The summed E-state index contributed by atoms with van der Waals surface area (Å²) in [6, 6.07) is 0. The van der Waals surface area contributed by atoms with Gasteiger partial charge in [0.2, 0.25) is 5.91 Å². The Hall–Kier alpha value is -0.650. The molecule has 0 saturated carbocycles. The maximum Gasteiger partial charge on any atom is 0.219 e. The average Bonchev–Trinajstić information content (AvgIpc) is 2.27. The lowest BCUT2D eigenvalue weighted by Gasteiger charge is -2.35. The minimum Gasteiger partial charge on any atom is -0.392 e. The van der Waals surface area contributed by atoms with Crippen molar-refractivity contribution in [2.24, 2.45) is 0 Å². The van der Waals surface area contributed by atoms with Gasteiger partial charge in [0, 0.05) is 46.2 Å². The zero-order valence-corrected chi connectivity index (χ0v) is 11.2. The summed E-state index contributed by atoms with van der Waals surface area (Å²) in [6.07, 6.45) is 0.543. The Bertz CT molecular complexity index is 238. The molecule has 1 rings (SSSR count). The molecule has 5 nitrogen and oxygen atoms in total. The fraction of sp³-hybridized carbons (Fsp3) is 0.917. The van der Waals surface area contributed by atoms with Crippen LogP contribution < -0.4 is 0 Å². The second-order valence-corrected chi connectivity index (χ2v) is 5.05. The molecule has 0 aromatic heterocycles. The minimum atomic E-state index is -0.263. The second kappa shape index (κ2) is 6.93. The van der Waals surface area contributed by atoms with Crippen LogP contribution in [0.1, 0.15) is 13.3 Å². The van der Waals surface area contributed by atoms with Gasteiger partial charge in [-0.2, -0.15) is 0 Å². The van der Waals surface area contributed by atoms with Gasteiger partial charge >= 0.3 is 0 Å². The van der Waals surface area contributed by atoms with Gasteiger partial charge < -0.3 is 14.9 Å². The molecule has 0 aliphatic carbocycles. The lowest BCUT2D eigenvalue weighted by molar-refractivity contribution is -0.130. The summed E-state index contributed by atoms with van der Waals surface area (Å²) in [5, 5.41) is 9.88. The van der Waals surface area contributed by atoms with Gasteiger partial charge in [-0.05, 0) is 20.5 Å². The van der Waals surface area contributed by atoms with Gasteiger partial charge in [0.05, 0.1) is 6.10 Å². The van der Waals surface area contributed by atoms with Crippen molar-refractivity contribution < 1.29 is 9.90 Å².